The van der Waals surface area contributed by atoms with Crippen LogP contribution in [0.3, 0.4) is 0 Å². The maximum Gasteiger partial charge on any atom is 0.123 e. The topological polar surface area (TPSA) is 12.0 Å². The quantitative estimate of drug-likeness (QED) is 0.535. The SMILES string of the molecule is CCCNC(Cc1cc(F)ccc1Cl)c1cc(Br)sc1Br. The number of benzene rings is 1. The summed E-state index contributed by atoms with van der Waals surface area (Å²) in [5.74, 6) is -0.255. The van der Waals surface area contributed by atoms with Crippen molar-refractivity contribution in [3.8, 4) is 0 Å². The van der Waals surface area contributed by atoms with E-state index in [1.54, 1.807) is 17.4 Å². The van der Waals surface area contributed by atoms with E-state index in [0.29, 0.717) is 11.4 Å². The van der Waals surface area contributed by atoms with Crippen LogP contribution < -0.4 is 5.32 Å². The van der Waals surface area contributed by atoms with Gasteiger partial charge in [-0.2, -0.15) is 0 Å². The van der Waals surface area contributed by atoms with Gasteiger partial charge in [0.15, 0.2) is 0 Å². The third kappa shape index (κ3) is 4.76. The molecule has 114 valence electrons. The lowest BCUT2D eigenvalue weighted by molar-refractivity contribution is 0.527. The van der Waals surface area contributed by atoms with E-state index in [0.717, 1.165) is 26.1 Å². The smallest absolute Gasteiger partial charge is 0.123 e. The van der Waals surface area contributed by atoms with Crippen molar-refractivity contribution in [2.24, 2.45) is 0 Å². The van der Waals surface area contributed by atoms with Crippen molar-refractivity contribution in [2.75, 3.05) is 6.54 Å². The fourth-order valence-corrected chi connectivity index (χ4v) is 5.29. The molecule has 0 radical (unpaired) electrons. The molecular formula is C15H15Br2ClFNS. The highest BCUT2D eigenvalue weighted by Gasteiger charge is 2.18. The van der Waals surface area contributed by atoms with Gasteiger partial charge in [-0.3, -0.25) is 0 Å². The van der Waals surface area contributed by atoms with E-state index in [9.17, 15) is 4.39 Å². The molecule has 1 aromatic heterocycles. The van der Waals surface area contributed by atoms with Crippen molar-refractivity contribution < 1.29 is 4.39 Å². The molecule has 0 spiro atoms. The summed E-state index contributed by atoms with van der Waals surface area (Å²) in [6, 6.07) is 6.70. The van der Waals surface area contributed by atoms with Crippen LogP contribution >= 0.6 is 54.8 Å². The molecule has 2 aromatic rings. The van der Waals surface area contributed by atoms with Crippen LogP contribution in [0.15, 0.2) is 31.8 Å². The number of nitrogens with one attached hydrogen (secondary N) is 1. The zero-order valence-corrected chi connectivity index (χ0v) is 16.2. The standard InChI is InChI=1S/C15H15Br2ClFNS/c1-2-5-20-13(11-8-14(16)21-15(11)17)7-9-6-10(19)3-4-12(9)18/h3-4,6,8,13,20H,2,5,7H2,1H3. The summed E-state index contributed by atoms with van der Waals surface area (Å²) < 4.78 is 15.6. The molecule has 1 N–H and O–H groups in total. The van der Waals surface area contributed by atoms with Crippen LogP contribution in [-0.4, -0.2) is 6.54 Å². The molecule has 1 aromatic carbocycles. The minimum atomic E-state index is -0.255. The van der Waals surface area contributed by atoms with Crippen molar-refractivity contribution in [3.05, 3.63) is 53.8 Å². The molecule has 1 nitrogen and oxygen atoms in total. The Balaban J connectivity index is 2.28. The van der Waals surface area contributed by atoms with Gasteiger partial charge in [-0.1, -0.05) is 18.5 Å². The zero-order valence-electron chi connectivity index (χ0n) is 11.4. The molecule has 6 heteroatoms. The maximum atomic E-state index is 13.4. The maximum absolute atomic E-state index is 13.4. The van der Waals surface area contributed by atoms with Gasteiger partial charge in [0, 0.05) is 11.1 Å². The van der Waals surface area contributed by atoms with Gasteiger partial charge in [-0.25, -0.2) is 4.39 Å². The Morgan fingerprint density at radius 3 is 2.71 bits per heavy atom. The van der Waals surface area contributed by atoms with Crippen LogP contribution in [0.25, 0.3) is 0 Å². The largest absolute Gasteiger partial charge is 0.310 e. The summed E-state index contributed by atoms with van der Waals surface area (Å²) in [6.07, 6.45) is 1.69. The molecule has 0 saturated carbocycles. The molecule has 0 saturated heterocycles. The predicted octanol–water partition coefficient (Wildman–Crippen LogP) is 6.35. The molecule has 21 heavy (non-hydrogen) atoms. The van der Waals surface area contributed by atoms with Gasteiger partial charge in [0.05, 0.1) is 7.57 Å². The Labute approximate surface area is 150 Å². The highest BCUT2D eigenvalue weighted by atomic mass is 79.9. The Morgan fingerprint density at radius 2 is 2.10 bits per heavy atom. The predicted molar refractivity (Wildman–Crippen MR) is 95.9 cm³/mol. The Hall–Kier alpha value is 0.0600. The van der Waals surface area contributed by atoms with Gasteiger partial charge in [0.2, 0.25) is 0 Å². The van der Waals surface area contributed by atoms with E-state index < -0.39 is 0 Å². The summed E-state index contributed by atoms with van der Waals surface area (Å²) in [4.78, 5) is 0. The Kier molecular flexibility index (Phi) is 6.69. The molecule has 1 heterocycles. The molecule has 0 amide bonds. The average Bonchev–Trinajstić information content (AvgIpc) is 2.77. The summed E-state index contributed by atoms with van der Waals surface area (Å²) >= 11 is 14.9. The lowest BCUT2D eigenvalue weighted by atomic mass is 10.0. The van der Waals surface area contributed by atoms with Crippen LogP contribution in [0.2, 0.25) is 5.02 Å². The lowest BCUT2D eigenvalue weighted by Gasteiger charge is -2.19. The normalized spacial score (nSPS) is 12.6. The first-order valence-electron chi connectivity index (χ1n) is 6.63. The Bertz CT molecular complexity index is 618. The second-order valence-corrected chi connectivity index (χ2v) is 8.88. The second kappa shape index (κ2) is 8.06. The van der Waals surface area contributed by atoms with E-state index in [2.05, 4.69) is 50.2 Å². The molecule has 1 atom stereocenters. The van der Waals surface area contributed by atoms with E-state index in [4.69, 9.17) is 11.6 Å². The summed E-state index contributed by atoms with van der Waals surface area (Å²) in [7, 11) is 0. The van der Waals surface area contributed by atoms with Crippen LogP contribution in [0.4, 0.5) is 4.39 Å². The summed E-state index contributed by atoms with van der Waals surface area (Å²) in [5, 5.41) is 4.11. The highest BCUT2D eigenvalue weighted by molar-refractivity contribution is 9.12. The van der Waals surface area contributed by atoms with Crippen molar-refractivity contribution in [3.63, 3.8) is 0 Å². The average molecular weight is 456 g/mol. The van der Waals surface area contributed by atoms with E-state index >= 15 is 0 Å². The molecule has 1 unspecified atom stereocenters. The fourth-order valence-electron chi connectivity index (χ4n) is 2.12. The van der Waals surface area contributed by atoms with Gasteiger partial charge in [0.1, 0.15) is 5.82 Å². The molecule has 0 bridgehead atoms. The van der Waals surface area contributed by atoms with Gasteiger partial charge >= 0.3 is 0 Å². The van der Waals surface area contributed by atoms with E-state index in [-0.39, 0.29) is 11.9 Å². The lowest BCUT2D eigenvalue weighted by Crippen LogP contribution is -2.24. The van der Waals surface area contributed by atoms with Gasteiger partial charge in [-0.05, 0) is 86.6 Å². The number of hydrogen-bond donors (Lipinski definition) is 1. The number of thiophene rings is 1. The van der Waals surface area contributed by atoms with Crippen LogP contribution in [0.5, 0.6) is 0 Å². The summed E-state index contributed by atoms with van der Waals surface area (Å²) in [6.45, 7) is 3.02. The van der Waals surface area contributed by atoms with Crippen molar-refractivity contribution in [1.29, 1.82) is 0 Å². The number of hydrogen-bond acceptors (Lipinski definition) is 2. The van der Waals surface area contributed by atoms with Crippen LogP contribution in [-0.2, 0) is 6.42 Å². The zero-order chi connectivity index (χ0) is 15.4. The minimum absolute atomic E-state index is 0.0983. The fraction of sp³-hybridized carbons (Fsp3) is 0.333. The minimum Gasteiger partial charge on any atom is -0.310 e. The van der Waals surface area contributed by atoms with Crippen LogP contribution in [0.1, 0.15) is 30.5 Å². The third-order valence-electron chi connectivity index (χ3n) is 3.13. The summed E-state index contributed by atoms with van der Waals surface area (Å²) in [5.41, 5.74) is 1.99. The second-order valence-electron chi connectivity index (χ2n) is 4.73. The molecule has 0 fully saturated rings. The highest BCUT2D eigenvalue weighted by Crippen LogP contribution is 2.37. The molecule has 0 aliphatic carbocycles. The number of rotatable bonds is 6. The molecule has 0 aliphatic rings. The van der Waals surface area contributed by atoms with Crippen molar-refractivity contribution in [2.45, 2.75) is 25.8 Å². The van der Waals surface area contributed by atoms with Gasteiger partial charge < -0.3 is 5.32 Å². The third-order valence-corrected chi connectivity index (χ3v) is 5.89. The van der Waals surface area contributed by atoms with Gasteiger partial charge in [-0.15, -0.1) is 11.3 Å². The van der Waals surface area contributed by atoms with E-state index in [1.807, 2.05) is 0 Å². The molecule has 2 rings (SSSR count). The Morgan fingerprint density at radius 1 is 1.33 bits per heavy atom. The van der Waals surface area contributed by atoms with E-state index in [1.165, 1.54) is 17.7 Å². The first-order chi connectivity index (χ1) is 10.0. The van der Waals surface area contributed by atoms with Crippen molar-refractivity contribution >= 4 is 54.8 Å². The number of halogens is 4. The van der Waals surface area contributed by atoms with Crippen molar-refractivity contribution in [1.82, 2.24) is 5.32 Å². The van der Waals surface area contributed by atoms with Crippen LogP contribution in [0, 0.1) is 5.82 Å². The first kappa shape index (κ1) is 17.4. The molecular weight excluding hydrogens is 440 g/mol. The first-order valence-corrected chi connectivity index (χ1v) is 9.41. The van der Waals surface area contributed by atoms with Gasteiger partial charge in [0.25, 0.3) is 0 Å². The molecule has 0 aliphatic heterocycles. The monoisotopic (exact) mass is 453 g/mol.